The minimum Gasteiger partial charge on any atom is -0.339 e. The summed E-state index contributed by atoms with van der Waals surface area (Å²) in [6.07, 6.45) is 3.61. The molecule has 9 nitrogen and oxygen atoms in total. The van der Waals surface area contributed by atoms with Gasteiger partial charge in [0.25, 0.3) is 0 Å². The number of pyridine rings is 1. The van der Waals surface area contributed by atoms with Crippen LogP contribution in [0.5, 0.6) is 0 Å². The van der Waals surface area contributed by atoms with Gasteiger partial charge in [0.05, 0.1) is 0 Å². The van der Waals surface area contributed by atoms with Gasteiger partial charge >= 0.3 is 6.03 Å². The van der Waals surface area contributed by atoms with Crippen molar-refractivity contribution >= 4 is 23.3 Å². The van der Waals surface area contributed by atoms with Crippen molar-refractivity contribution in [1.29, 1.82) is 0 Å². The Balaban J connectivity index is 1.29. The number of anilines is 2. The normalized spacial score (nSPS) is 14.3. The number of hydrogen-bond acceptors (Lipinski definition) is 6. The number of rotatable bonds is 5. The lowest BCUT2D eigenvalue weighted by molar-refractivity contribution is -0.115. The number of carbonyl (C=O) groups is 2. The highest BCUT2D eigenvalue weighted by atomic mass is 16.5. The van der Waals surface area contributed by atoms with Crippen molar-refractivity contribution < 1.29 is 14.1 Å². The molecule has 0 unspecified atom stereocenters. The van der Waals surface area contributed by atoms with Crippen molar-refractivity contribution in [3.8, 4) is 11.5 Å². The molecule has 1 aliphatic heterocycles. The summed E-state index contributed by atoms with van der Waals surface area (Å²) in [6, 6.07) is 12.5. The van der Waals surface area contributed by atoms with Crippen LogP contribution >= 0.6 is 0 Å². The van der Waals surface area contributed by atoms with Gasteiger partial charge in [0.1, 0.15) is 5.69 Å². The smallest absolute Gasteiger partial charge is 0.321 e. The van der Waals surface area contributed by atoms with E-state index in [-0.39, 0.29) is 17.9 Å². The number of aromatic nitrogens is 3. The van der Waals surface area contributed by atoms with Crippen LogP contribution in [0, 0.1) is 0 Å². The Morgan fingerprint density at radius 3 is 2.42 bits per heavy atom. The van der Waals surface area contributed by atoms with Gasteiger partial charge in [-0.05, 0) is 49.2 Å². The fourth-order valence-corrected chi connectivity index (χ4v) is 3.42. The van der Waals surface area contributed by atoms with Gasteiger partial charge in [-0.3, -0.25) is 9.78 Å². The molecular weight excluding hydrogens is 396 g/mol. The lowest BCUT2D eigenvalue weighted by Crippen LogP contribution is -2.40. The molecule has 4 rings (SSSR count). The molecule has 1 aliphatic rings. The molecule has 2 aromatic heterocycles. The second kappa shape index (κ2) is 9.38. The van der Waals surface area contributed by atoms with Crippen LogP contribution in [0.1, 0.15) is 38.0 Å². The maximum absolute atomic E-state index is 12.6. The number of hydrogen-bond donors (Lipinski definition) is 2. The van der Waals surface area contributed by atoms with Crippen LogP contribution in [0.2, 0.25) is 0 Å². The molecule has 1 aromatic carbocycles. The quantitative estimate of drug-likeness (QED) is 0.647. The fourth-order valence-electron chi connectivity index (χ4n) is 3.42. The van der Waals surface area contributed by atoms with Gasteiger partial charge in [-0.1, -0.05) is 18.1 Å². The average molecular weight is 420 g/mol. The highest BCUT2D eigenvalue weighted by molar-refractivity contribution is 5.92. The first-order chi connectivity index (χ1) is 15.1. The van der Waals surface area contributed by atoms with Crippen molar-refractivity contribution in [2.24, 2.45) is 0 Å². The average Bonchev–Trinajstić information content (AvgIpc) is 3.31. The molecule has 31 heavy (non-hydrogen) atoms. The summed E-state index contributed by atoms with van der Waals surface area (Å²) in [6.45, 7) is 3.00. The minimum atomic E-state index is -0.150. The molecule has 9 heteroatoms. The van der Waals surface area contributed by atoms with E-state index in [9.17, 15) is 9.59 Å². The standard InChI is InChI=1S/C22H24N6O3/c1-2-19(29)24-16-6-8-17(9-7-16)25-22(30)28-13-10-15(11-14-28)21-26-20(27-31-21)18-5-3-4-12-23-18/h3-9,12,15H,2,10-11,13-14H2,1H3,(H,24,29)(H,25,30). The third-order valence-electron chi connectivity index (χ3n) is 5.21. The Hall–Kier alpha value is -3.75. The largest absolute Gasteiger partial charge is 0.339 e. The zero-order valence-corrected chi connectivity index (χ0v) is 17.2. The van der Waals surface area contributed by atoms with Gasteiger partial charge in [-0.15, -0.1) is 0 Å². The van der Waals surface area contributed by atoms with Crippen LogP contribution in [-0.2, 0) is 4.79 Å². The van der Waals surface area contributed by atoms with E-state index >= 15 is 0 Å². The molecular formula is C22H24N6O3. The molecule has 0 saturated carbocycles. The Kier molecular flexibility index (Phi) is 6.21. The summed E-state index contributed by atoms with van der Waals surface area (Å²) < 4.78 is 5.45. The topological polar surface area (TPSA) is 113 Å². The predicted molar refractivity (Wildman–Crippen MR) is 115 cm³/mol. The number of amides is 3. The van der Waals surface area contributed by atoms with Gasteiger partial charge in [0.15, 0.2) is 0 Å². The van der Waals surface area contributed by atoms with Crippen molar-refractivity contribution in [2.45, 2.75) is 32.1 Å². The molecule has 0 atom stereocenters. The molecule has 1 fully saturated rings. The molecule has 0 spiro atoms. The van der Waals surface area contributed by atoms with Gasteiger partial charge in [-0.25, -0.2) is 4.79 Å². The summed E-state index contributed by atoms with van der Waals surface area (Å²) in [4.78, 5) is 34.5. The number of nitrogens with zero attached hydrogens (tertiary/aromatic N) is 4. The fraction of sp³-hybridized carbons (Fsp3) is 0.318. The second-order valence-electron chi connectivity index (χ2n) is 7.34. The first-order valence-electron chi connectivity index (χ1n) is 10.3. The van der Waals surface area contributed by atoms with Gasteiger partial charge < -0.3 is 20.1 Å². The summed E-state index contributed by atoms with van der Waals surface area (Å²) in [5.41, 5.74) is 2.06. The third kappa shape index (κ3) is 5.06. The summed E-state index contributed by atoms with van der Waals surface area (Å²) in [5.74, 6) is 1.14. The highest BCUT2D eigenvalue weighted by Gasteiger charge is 2.28. The van der Waals surface area contributed by atoms with Crippen LogP contribution in [0.3, 0.4) is 0 Å². The summed E-state index contributed by atoms with van der Waals surface area (Å²) in [5, 5.41) is 9.72. The van der Waals surface area contributed by atoms with Crippen LogP contribution in [0.25, 0.3) is 11.5 Å². The number of nitrogens with one attached hydrogen (secondary N) is 2. The zero-order chi connectivity index (χ0) is 21.6. The van der Waals surface area contributed by atoms with E-state index in [1.807, 2.05) is 18.2 Å². The third-order valence-corrected chi connectivity index (χ3v) is 5.21. The first-order valence-corrected chi connectivity index (χ1v) is 10.3. The Bertz CT molecular complexity index is 1030. The summed E-state index contributed by atoms with van der Waals surface area (Å²) >= 11 is 0. The highest BCUT2D eigenvalue weighted by Crippen LogP contribution is 2.28. The van der Waals surface area contributed by atoms with E-state index in [4.69, 9.17) is 4.52 Å². The molecule has 1 saturated heterocycles. The lowest BCUT2D eigenvalue weighted by Gasteiger charge is -2.30. The zero-order valence-electron chi connectivity index (χ0n) is 17.2. The minimum absolute atomic E-state index is 0.0481. The number of benzene rings is 1. The van der Waals surface area contributed by atoms with E-state index in [0.29, 0.717) is 48.3 Å². The van der Waals surface area contributed by atoms with Crippen LogP contribution in [0.4, 0.5) is 16.2 Å². The second-order valence-corrected chi connectivity index (χ2v) is 7.34. The number of carbonyl (C=O) groups excluding carboxylic acids is 2. The van der Waals surface area contributed by atoms with E-state index in [0.717, 1.165) is 12.8 Å². The SMILES string of the molecule is CCC(=O)Nc1ccc(NC(=O)N2CCC(c3nc(-c4ccccn4)no3)CC2)cc1. The van der Waals surface area contributed by atoms with E-state index in [2.05, 4.69) is 25.8 Å². The van der Waals surface area contributed by atoms with Gasteiger partial charge in [0, 0.05) is 43.0 Å². The van der Waals surface area contributed by atoms with E-state index in [1.54, 1.807) is 42.3 Å². The molecule has 3 amide bonds. The van der Waals surface area contributed by atoms with Crippen LogP contribution < -0.4 is 10.6 Å². The van der Waals surface area contributed by atoms with Crippen molar-refractivity contribution in [1.82, 2.24) is 20.0 Å². The van der Waals surface area contributed by atoms with Gasteiger partial charge in [-0.2, -0.15) is 4.98 Å². The van der Waals surface area contributed by atoms with E-state index < -0.39 is 0 Å². The van der Waals surface area contributed by atoms with Crippen molar-refractivity contribution in [3.63, 3.8) is 0 Å². The Labute approximate surface area is 179 Å². The molecule has 160 valence electrons. The number of likely N-dealkylation sites (tertiary alicyclic amines) is 1. The van der Waals surface area contributed by atoms with Crippen molar-refractivity contribution in [3.05, 3.63) is 54.6 Å². The molecule has 0 bridgehead atoms. The van der Waals surface area contributed by atoms with E-state index in [1.165, 1.54) is 0 Å². The van der Waals surface area contributed by atoms with Crippen LogP contribution in [-0.4, -0.2) is 45.1 Å². The number of piperidine rings is 1. The monoisotopic (exact) mass is 420 g/mol. The predicted octanol–water partition coefficient (Wildman–Crippen LogP) is 3.89. The van der Waals surface area contributed by atoms with Gasteiger partial charge in [0.2, 0.25) is 17.6 Å². The summed E-state index contributed by atoms with van der Waals surface area (Å²) in [7, 11) is 0. The van der Waals surface area contributed by atoms with Crippen LogP contribution in [0.15, 0.2) is 53.2 Å². The maximum atomic E-state index is 12.6. The molecule has 0 radical (unpaired) electrons. The number of urea groups is 1. The molecule has 0 aliphatic carbocycles. The molecule has 3 aromatic rings. The molecule has 3 heterocycles. The van der Waals surface area contributed by atoms with Crippen molar-refractivity contribution in [2.75, 3.05) is 23.7 Å². The maximum Gasteiger partial charge on any atom is 0.321 e. The lowest BCUT2D eigenvalue weighted by atomic mass is 9.97. The Morgan fingerprint density at radius 1 is 1.06 bits per heavy atom. The molecule has 2 N–H and O–H groups in total. The first kappa shape index (κ1) is 20.5. The Morgan fingerprint density at radius 2 is 1.77 bits per heavy atom.